The Bertz CT molecular complexity index is 941. The molecular formula is C33H55N3O5S. The Kier molecular flexibility index (Phi) is 14.9. The fourth-order valence-corrected chi connectivity index (χ4v) is 7.47. The van der Waals surface area contributed by atoms with Crippen LogP contribution in [0.25, 0.3) is 0 Å². The molecule has 3 rings (SSSR count). The highest BCUT2D eigenvalue weighted by Gasteiger charge is 2.40. The zero-order chi connectivity index (χ0) is 30.5. The van der Waals surface area contributed by atoms with Crippen LogP contribution in [0.4, 0.5) is 0 Å². The summed E-state index contributed by atoms with van der Waals surface area (Å²) in [6.07, 6.45) is 11.8. The van der Waals surface area contributed by atoms with Gasteiger partial charge in [0.05, 0.1) is 35.8 Å². The molecule has 0 aliphatic heterocycles. The van der Waals surface area contributed by atoms with Gasteiger partial charge in [-0.05, 0) is 50.4 Å². The van der Waals surface area contributed by atoms with Crippen LogP contribution in [0, 0.1) is 23.7 Å². The number of aliphatic hydroxyl groups is 2. The first kappa shape index (κ1) is 34.6. The van der Waals surface area contributed by atoms with Crippen molar-refractivity contribution in [3.63, 3.8) is 0 Å². The van der Waals surface area contributed by atoms with Crippen LogP contribution < -0.4 is 5.32 Å². The highest BCUT2D eigenvalue weighted by molar-refractivity contribution is 7.07. The van der Waals surface area contributed by atoms with E-state index >= 15 is 0 Å². The highest BCUT2D eigenvalue weighted by atomic mass is 32.1. The van der Waals surface area contributed by atoms with Crippen LogP contribution in [-0.4, -0.2) is 69.0 Å². The Morgan fingerprint density at radius 2 is 1.62 bits per heavy atom. The summed E-state index contributed by atoms with van der Waals surface area (Å²) in [6.45, 7) is 5.96. The molecular weight excluding hydrogens is 550 g/mol. The average molecular weight is 606 g/mol. The van der Waals surface area contributed by atoms with E-state index in [1.807, 2.05) is 24.1 Å². The van der Waals surface area contributed by atoms with E-state index in [0.717, 1.165) is 57.1 Å². The molecule has 0 saturated heterocycles. The normalized spacial score (nSPS) is 20.0. The lowest BCUT2D eigenvalue weighted by Crippen LogP contribution is -2.55. The van der Waals surface area contributed by atoms with Crippen molar-refractivity contribution < 1.29 is 24.6 Å². The van der Waals surface area contributed by atoms with Crippen LogP contribution in [0.5, 0.6) is 0 Å². The predicted octanol–water partition coefficient (Wildman–Crippen LogP) is 5.30. The molecule has 4 atom stereocenters. The number of nitrogens with zero attached hydrogens (tertiary/aromatic N) is 2. The number of hydrogen-bond acceptors (Lipinski definition) is 7. The molecule has 2 aliphatic rings. The van der Waals surface area contributed by atoms with Crippen LogP contribution in [0.2, 0.25) is 0 Å². The van der Waals surface area contributed by atoms with Crippen LogP contribution in [0.15, 0.2) is 10.9 Å². The molecule has 8 nitrogen and oxygen atoms in total. The molecule has 1 aromatic heterocycles. The van der Waals surface area contributed by atoms with E-state index in [1.165, 1.54) is 37.5 Å². The smallest absolute Gasteiger partial charge is 0.226 e. The monoisotopic (exact) mass is 605 g/mol. The molecule has 2 aliphatic carbocycles. The van der Waals surface area contributed by atoms with Crippen molar-refractivity contribution in [2.24, 2.45) is 23.7 Å². The summed E-state index contributed by atoms with van der Waals surface area (Å²) < 4.78 is 0. The maximum Gasteiger partial charge on any atom is 0.226 e. The summed E-state index contributed by atoms with van der Waals surface area (Å²) in [4.78, 5) is 45.5. The van der Waals surface area contributed by atoms with Crippen molar-refractivity contribution in [3.05, 3.63) is 16.6 Å². The molecule has 2 fully saturated rings. The topological polar surface area (TPSA) is 120 Å². The maximum absolute atomic E-state index is 14.7. The van der Waals surface area contributed by atoms with Gasteiger partial charge in [-0.25, -0.2) is 4.98 Å². The van der Waals surface area contributed by atoms with E-state index in [4.69, 9.17) is 0 Å². The second-order valence-corrected chi connectivity index (χ2v) is 14.1. The fraction of sp³-hybridized carbons (Fsp3) is 0.818. The quantitative estimate of drug-likeness (QED) is 0.220. The maximum atomic E-state index is 14.7. The lowest BCUT2D eigenvalue weighted by molar-refractivity contribution is -0.147. The van der Waals surface area contributed by atoms with Gasteiger partial charge >= 0.3 is 0 Å². The number of ketones is 1. The number of aliphatic hydroxyl groups excluding tert-OH is 2. The molecule has 0 spiro atoms. The average Bonchev–Trinajstić information content (AvgIpc) is 3.34. The summed E-state index contributed by atoms with van der Waals surface area (Å²) in [6, 6.07) is -0.518. The molecule has 42 heavy (non-hydrogen) atoms. The van der Waals surface area contributed by atoms with Gasteiger partial charge in [0, 0.05) is 24.8 Å². The second-order valence-electron chi connectivity index (χ2n) is 13.4. The third-order valence-electron chi connectivity index (χ3n) is 9.17. The highest BCUT2D eigenvalue weighted by Crippen LogP contribution is 2.34. The minimum absolute atomic E-state index is 0.0500. The number of thiazole rings is 1. The Morgan fingerprint density at radius 1 is 1.00 bits per heavy atom. The molecule has 9 heteroatoms. The first-order valence-electron chi connectivity index (χ1n) is 16.4. The van der Waals surface area contributed by atoms with Gasteiger partial charge in [-0.15, -0.1) is 11.3 Å². The largest absolute Gasteiger partial charge is 0.390 e. The summed E-state index contributed by atoms with van der Waals surface area (Å²) in [5.74, 6) is -0.377. The second kappa shape index (κ2) is 18.1. The molecule has 3 N–H and O–H groups in total. The molecule has 0 unspecified atom stereocenters. The van der Waals surface area contributed by atoms with Crippen LogP contribution in [0.3, 0.4) is 0 Å². The van der Waals surface area contributed by atoms with Gasteiger partial charge in [0.1, 0.15) is 11.9 Å². The van der Waals surface area contributed by atoms with E-state index in [-0.39, 0.29) is 36.5 Å². The molecule has 0 radical (unpaired) electrons. The van der Waals surface area contributed by atoms with Crippen LogP contribution in [-0.2, 0) is 20.8 Å². The Morgan fingerprint density at radius 3 is 2.19 bits per heavy atom. The third-order valence-corrected chi connectivity index (χ3v) is 9.80. The lowest BCUT2D eigenvalue weighted by atomic mass is 9.81. The molecule has 1 heterocycles. The van der Waals surface area contributed by atoms with E-state index in [9.17, 15) is 24.6 Å². The number of carbonyl (C=O) groups excluding carboxylic acids is 3. The number of hydrogen-bond donors (Lipinski definition) is 3. The number of Topliss-reactive ketones (excluding diaryl/α,β-unsaturated/α-hetero) is 1. The van der Waals surface area contributed by atoms with Crippen molar-refractivity contribution in [2.75, 3.05) is 13.1 Å². The standard InChI is InChI=1S/C33H55N3O5S/c1-23(2)15-30(38)32(40)29(16-25-11-9-6-10-12-25)36(20-26-13-7-4-5-8-14-26)33(41)27(17-28-21-42-22-35-28)18-31(39)34-19-24(3)37/h21-23,25-27,29-30,32,38,40H,4-20H2,1-3H3,(H,34,39)/t27-,29+,30+,32-/m1/s1. The van der Waals surface area contributed by atoms with Gasteiger partial charge in [-0.1, -0.05) is 71.6 Å². The van der Waals surface area contributed by atoms with Crippen molar-refractivity contribution in [3.8, 4) is 0 Å². The number of nitrogens with one attached hydrogen (secondary N) is 1. The molecule has 238 valence electrons. The van der Waals surface area contributed by atoms with E-state index < -0.39 is 24.2 Å². The zero-order valence-electron chi connectivity index (χ0n) is 26.1. The Balaban J connectivity index is 1.96. The van der Waals surface area contributed by atoms with E-state index in [1.54, 1.807) is 5.51 Å². The number of carbonyl (C=O) groups is 3. The van der Waals surface area contributed by atoms with Gasteiger partial charge in [0.25, 0.3) is 0 Å². The van der Waals surface area contributed by atoms with Gasteiger partial charge < -0.3 is 20.4 Å². The summed E-state index contributed by atoms with van der Waals surface area (Å²) in [7, 11) is 0. The number of rotatable bonds is 16. The van der Waals surface area contributed by atoms with E-state index in [0.29, 0.717) is 37.6 Å². The molecule has 1 aromatic rings. The first-order valence-corrected chi connectivity index (χ1v) is 17.4. The van der Waals surface area contributed by atoms with Crippen LogP contribution >= 0.6 is 11.3 Å². The van der Waals surface area contributed by atoms with Crippen molar-refractivity contribution in [1.29, 1.82) is 0 Å². The van der Waals surface area contributed by atoms with Crippen LogP contribution in [0.1, 0.15) is 116 Å². The Hall–Kier alpha value is -1.84. The summed E-state index contributed by atoms with van der Waals surface area (Å²) >= 11 is 1.46. The Labute approximate surface area is 257 Å². The minimum Gasteiger partial charge on any atom is -0.390 e. The summed E-state index contributed by atoms with van der Waals surface area (Å²) in [5.41, 5.74) is 2.49. The molecule has 2 saturated carbocycles. The number of aromatic nitrogens is 1. The van der Waals surface area contributed by atoms with Gasteiger partial charge in [-0.2, -0.15) is 0 Å². The minimum atomic E-state index is -1.06. The third kappa shape index (κ3) is 11.7. The zero-order valence-corrected chi connectivity index (χ0v) is 27.0. The lowest BCUT2D eigenvalue weighted by Gasteiger charge is -2.42. The van der Waals surface area contributed by atoms with Gasteiger partial charge in [0.2, 0.25) is 11.8 Å². The predicted molar refractivity (Wildman–Crippen MR) is 167 cm³/mol. The van der Waals surface area contributed by atoms with Crippen molar-refractivity contribution in [1.82, 2.24) is 15.2 Å². The van der Waals surface area contributed by atoms with Crippen molar-refractivity contribution in [2.45, 2.75) is 135 Å². The fourth-order valence-electron chi connectivity index (χ4n) is 6.90. The molecule has 2 amide bonds. The van der Waals surface area contributed by atoms with Gasteiger partial charge in [-0.3, -0.25) is 14.4 Å². The number of amides is 2. The molecule has 0 bridgehead atoms. The SMILES string of the molecule is CC(=O)CNC(=O)C[C@@H](Cc1cscn1)C(=O)N(CC1CCCCCC1)[C@@H](CC1CCCCC1)[C@@H](O)[C@@H](O)CC(C)C. The van der Waals surface area contributed by atoms with E-state index in [2.05, 4.69) is 10.3 Å². The molecule has 0 aromatic carbocycles. The van der Waals surface area contributed by atoms with Gasteiger partial charge in [0.15, 0.2) is 0 Å². The van der Waals surface area contributed by atoms with Crippen molar-refractivity contribution >= 4 is 28.9 Å². The summed E-state index contributed by atoms with van der Waals surface area (Å²) in [5, 5.41) is 27.5. The first-order chi connectivity index (χ1) is 20.1.